The molecule has 6 nitrogen and oxygen atoms in total. The molecular weight excluding hydrogens is 675 g/mol. The van der Waals surface area contributed by atoms with Gasteiger partial charge < -0.3 is 23.8 Å². The predicted octanol–water partition coefficient (Wildman–Crippen LogP) is 13.2. The van der Waals surface area contributed by atoms with Gasteiger partial charge in [-0.2, -0.15) is 0 Å². The van der Waals surface area contributed by atoms with Crippen LogP contribution in [0.2, 0.25) is 13.1 Å². The maximum Gasteiger partial charge on any atom is 0.333 e. The van der Waals surface area contributed by atoms with E-state index in [4.69, 9.17) is 13.6 Å². The van der Waals surface area contributed by atoms with Crippen LogP contribution >= 0.6 is 0 Å². The number of allylic oxidation sites excluding steroid dienone is 4. The first-order valence-corrected chi connectivity index (χ1v) is 26.0. The molecular formula is C46H93NO5Si. The Morgan fingerprint density at radius 2 is 0.925 bits per heavy atom. The van der Waals surface area contributed by atoms with E-state index in [1.54, 1.807) is 0 Å². The van der Waals surface area contributed by atoms with Crippen LogP contribution in [0, 0.1) is 0 Å². The zero-order valence-corrected chi connectivity index (χ0v) is 37.1. The molecule has 0 heterocycles. The normalized spacial score (nSPS) is 13.0. The predicted molar refractivity (Wildman–Crippen MR) is 233 cm³/mol. The van der Waals surface area contributed by atoms with Crippen LogP contribution < -0.4 is 0 Å². The smallest absolute Gasteiger partial charge is 0.333 e. The first-order valence-electron chi connectivity index (χ1n) is 23.2. The molecule has 0 saturated carbocycles. The fourth-order valence-corrected chi connectivity index (χ4v) is 8.41. The van der Waals surface area contributed by atoms with Gasteiger partial charge >= 0.3 is 8.56 Å². The SMILES string of the molecule is CCCCC/C=C\C/C=C\CCCCCCCCOC(CCCCCCCCCCCCCCC)O[Si](C)(C)OCCCCCCN(CCO)CCO. The lowest BCUT2D eigenvalue weighted by molar-refractivity contribution is -0.104. The Labute approximate surface area is 332 Å². The lowest BCUT2D eigenvalue weighted by Gasteiger charge is -2.29. The molecule has 1 atom stereocenters. The first kappa shape index (κ1) is 52.5. The maximum atomic E-state index is 9.21. The summed E-state index contributed by atoms with van der Waals surface area (Å²) in [6.45, 7) is 12.9. The molecule has 7 heteroatoms. The zero-order chi connectivity index (χ0) is 38.8. The Kier molecular flexibility index (Phi) is 42.2. The molecule has 0 rings (SSSR count). The van der Waals surface area contributed by atoms with Crippen molar-refractivity contribution in [3.8, 4) is 0 Å². The highest BCUT2D eigenvalue weighted by atomic mass is 28.4. The number of nitrogens with zero attached hydrogens (tertiary/aromatic N) is 1. The second-order valence-corrected chi connectivity index (χ2v) is 19.3. The monoisotopic (exact) mass is 768 g/mol. The third kappa shape index (κ3) is 40.9. The van der Waals surface area contributed by atoms with Gasteiger partial charge in [-0.1, -0.05) is 167 Å². The van der Waals surface area contributed by atoms with Gasteiger partial charge in [0.1, 0.15) is 6.29 Å². The van der Waals surface area contributed by atoms with Crippen LogP contribution in [0.4, 0.5) is 0 Å². The minimum Gasteiger partial charge on any atom is -0.395 e. The maximum absolute atomic E-state index is 9.21. The van der Waals surface area contributed by atoms with Gasteiger partial charge in [0.15, 0.2) is 0 Å². The average Bonchev–Trinajstić information content (AvgIpc) is 3.14. The Bertz CT molecular complexity index is 758. The van der Waals surface area contributed by atoms with Crippen molar-refractivity contribution in [2.45, 2.75) is 226 Å². The van der Waals surface area contributed by atoms with Gasteiger partial charge in [0.25, 0.3) is 0 Å². The van der Waals surface area contributed by atoms with Crippen LogP contribution in [0.1, 0.15) is 206 Å². The molecule has 0 fully saturated rings. The lowest BCUT2D eigenvalue weighted by Crippen LogP contribution is -2.40. The Morgan fingerprint density at radius 3 is 1.47 bits per heavy atom. The molecule has 0 aromatic carbocycles. The number of aliphatic hydroxyl groups is 2. The van der Waals surface area contributed by atoms with Gasteiger partial charge in [0.2, 0.25) is 0 Å². The molecule has 316 valence electrons. The second-order valence-electron chi connectivity index (χ2n) is 16.0. The molecule has 0 aliphatic rings. The van der Waals surface area contributed by atoms with Gasteiger partial charge in [-0.05, 0) is 83.8 Å². The fraction of sp³-hybridized carbons (Fsp3) is 0.913. The average molecular weight is 768 g/mol. The number of hydrogen-bond acceptors (Lipinski definition) is 6. The minimum atomic E-state index is -2.29. The number of unbranched alkanes of at least 4 members (excludes halogenated alkanes) is 24. The zero-order valence-electron chi connectivity index (χ0n) is 36.1. The molecule has 2 N–H and O–H groups in total. The van der Waals surface area contributed by atoms with E-state index in [2.05, 4.69) is 56.1 Å². The summed E-state index contributed by atoms with van der Waals surface area (Å²) in [7, 11) is -2.29. The minimum absolute atomic E-state index is 0.147. The lowest BCUT2D eigenvalue weighted by atomic mass is 10.0. The molecule has 0 spiro atoms. The Hall–Kier alpha value is -0.543. The summed E-state index contributed by atoms with van der Waals surface area (Å²) in [6.07, 6.45) is 47.4. The molecule has 0 aromatic rings. The van der Waals surface area contributed by atoms with Crippen LogP contribution in [-0.2, 0) is 13.6 Å². The third-order valence-electron chi connectivity index (χ3n) is 10.3. The summed E-state index contributed by atoms with van der Waals surface area (Å²) in [4.78, 5) is 2.13. The van der Waals surface area contributed by atoms with E-state index in [0.29, 0.717) is 13.1 Å². The van der Waals surface area contributed by atoms with Gasteiger partial charge in [0, 0.05) is 26.3 Å². The van der Waals surface area contributed by atoms with Crippen LogP contribution in [0.25, 0.3) is 0 Å². The highest BCUT2D eigenvalue weighted by molar-refractivity contribution is 6.64. The van der Waals surface area contributed by atoms with E-state index in [9.17, 15) is 10.2 Å². The first-order chi connectivity index (χ1) is 26.0. The van der Waals surface area contributed by atoms with Crippen molar-refractivity contribution in [1.82, 2.24) is 4.90 Å². The molecule has 0 aromatic heterocycles. The van der Waals surface area contributed by atoms with Crippen molar-refractivity contribution in [1.29, 1.82) is 0 Å². The molecule has 1 unspecified atom stereocenters. The Morgan fingerprint density at radius 1 is 0.491 bits per heavy atom. The van der Waals surface area contributed by atoms with Crippen LogP contribution in [-0.4, -0.2) is 76.0 Å². The van der Waals surface area contributed by atoms with Gasteiger partial charge in [-0.3, -0.25) is 4.90 Å². The highest BCUT2D eigenvalue weighted by Crippen LogP contribution is 2.19. The largest absolute Gasteiger partial charge is 0.395 e. The number of ether oxygens (including phenoxy) is 1. The molecule has 0 aliphatic heterocycles. The van der Waals surface area contributed by atoms with E-state index in [1.807, 2.05) is 0 Å². The number of hydrogen-bond donors (Lipinski definition) is 2. The van der Waals surface area contributed by atoms with E-state index < -0.39 is 8.56 Å². The van der Waals surface area contributed by atoms with Crippen molar-refractivity contribution in [3.63, 3.8) is 0 Å². The highest BCUT2D eigenvalue weighted by Gasteiger charge is 2.29. The summed E-state index contributed by atoms with van der Waals surface area (Å²) in [6, 6.07) is 0. The molecule has 0 saturated heterocycles. The van der Waals surface area contributed by atoms with Gasteiger partial charge in [0.05, 0.1) is 13.2 Å². The van der Waals surface area contributed by atoms with Crippen molar-refractivity contribution < 1.29 is 23.8 Å². The van der Waals surface area contributed by atoms with Crippen molar-refractivity contribution in [2.75, 3.05) is 46.1 Å². The number of aliphatic hydroxyl groups excluding tert-OH is 2. The summed E-state index contributed by atoms with van der Waals surface area (Å²) in [5, 5.41) is 18.4. The van der Waals surface area contributed by atoms with Crippen molar-refractivity contribution >= 4 is 8.56 Å². The van der Waals surface area contributed by atoms with Gasteiger partial charge in [-0.15, -0.1) is 0 Å². The summed E-state index contributed by atoms with van der Waals surface area (Å²) >= 11 is 0. The standard InChI is InChI=1S/C46H93NO5Si/c1-5-7-9-11-13-15-17-19-20-21-23-25-27-29-32-36-44-50-46(38-34-30-28-26-24-22-18-16-14-12-10-8-6-2)52-53(3,4)51-45-37-33-31-35-39-47(40-42-48)41-43-49/h13,15,19-20,46,48-49H,5-12,14,16-18,21-45H2,1-4H3/b15-13-,20-19-. The summed E-state index contributed by atoms with van der Waals surface area (Å²) in [5.74, 6) is 0. The number of rotatable bonds is 44. The molecule has 0 aliphatic carbocycles. The fourth-order valence-electron chi connectivity index (χ4n) is 6.89. The molecule has 0 amide bonds. The third-order valence-corrected chi connectivity index (χ3v) is 12.0. The summed E-state index contributed by atoms with van der Waals surface area (Å²) in [5.41, 5.74) is 0. The molecule has 0 radical (unpaired) electrons. The van der Waals surface area contributed by atoms with Crippen LogP contribution in [0.5, 0.6) is 0 Å². The van der Waals surface area contributed by atoms with Crippen molar-refractivity contribution in [3.05, 3.63) is 24.3 Å². The molecule has 53 heavy (non-hydrogen) atoms. The van der Waals surface area contributed by atoms with E-state index in [0.717, 1.165) is 64.7 Å². The second kappa shape index (κ2) is 42.6. The quantitative estimate of drug-likeness (QED) is 0.0278. The van der Waals surface area contributed by atoms with Crippen LogP contribution in [0.3, 0.4) is 0 Å². The van der Waals surface area contributed by atoms with E-state index >= 15 is 0 Å². The molecule has 0 bridgehead atoms. The van der Waals surface area contributed by atoms with Gasteiger partial charge in [-0.25, -0.2) is 0 Å². The van der Waals surface area contributed by atoms with E-state index in [1.165, 1.54) is 148 Å². The topological polar surface area (TPSA) is 71.4 Å². The summed E-state index contributed by atoms with van der Waals surface area (Å²) < 4.78 is 19.4. The van der Waals surface area contributed by atoms with Crippen LogP contribution in [0.15, 0.2) is 24.3 Å². The van der Waals surface area contributed by atoms with E-state index in [-0.39, 0.29) is 19.5 Å². The Balaban J connectivity index is 4.33. The van der Waals surface area contributed by atoms with Crippen molar-refractivity contribution in [2.24, 2.45) is 0 Å².